The molecule has 18 heavy (non-hydrogen) atoms. The van der Waals surface area contributed by atoms with Gasteiger partial charge in [0, 0.05) is 13.1 Å². The number of thiophene rings is 1. The fraction of sp³-hybridized carbons (Fsp3) is 0.667. The molecule has 1 aromatic heterocycles. The molecule has 6 heteroatoms. The topological polar surface area (TPSA) is 37.4 Å². The minimum Gasteiger partial charge on any atom is -0.206 e. The third kappa shape index (κ3) is 2.81. The van der Waals surface area contributed by atoms with Gasteiger partial charge in [-0.2, -0.15) is 4.31 Å². The number of aryl methyl sites for hydroxylation is 1. The summed E-state index contributed by atoms with van der Waals surface area (Å²) in [7, 11) is -1.60. The number of nitrogens with zero attached hydrogens (tertiary/aromatic N) is 1. The molecule has 0 atom stereocenters. The van der Waals surface area contributed by atoms with E-state index in [0.717, 1.165) is 35.0 Å². The minimum absolute atomic E-state index is 0.171. The molecule has 0 aromatic carbocycles. The second-order valence-electron chi connectivity index (χ2n) is 4.84. The van der Waals surface area contributed by atoms with Crippen molar-refractivity contribution in [2.24, 2.45) is 0 Å². The minimum atomic E-state index is -3.32. The largest absolute Gasteiger partial charge is 0.252 e. The van der Waals surface area contributed by atoms with Crippen LogP contribution in [0.25, 0.3) is 0 Å². The smallest absolute Gasteiger partial charge is 0.206 e. The van der Waals surface area contributed by atoms with Gasteiger partial charge in [0.2, 0.25) is 0 Å². The standard InChI is InChI=1S/C12H18BrNO2S2/c1-9-8-11(17-12(9)13)18(15,16)14(2)10-6-4-3-5-7-10/h8,10H,3-7H2,1-2H3. The molecule has 0 radical (unpaired) electrons. The molecule has 1 fully saturated rings. The van der Waals surface area contributed by atoms with Crippen LogP contribution in [0.3, 0.4) is 0 Å². The summed E-state index contributed by atoms with van der Waals surface area (Å²) in [6, 6.07) is 1.92. The molecule has 102 valence electrons. The molecular weight excluding hydrogens is 334 g/mol. The molecule has 0 aliphatic heterocycles. The van der Waals surface area contributed by atoms with E-state index in [1.54, 1.807) is 17.4 Å². The lowest BCUT2D eigenvalue weighted by Crippen LogP contribution is -2.37. The van der Waals surface area contributed by atoms with Gasteiger partial charge in [-0.3, -0.25) is 0 Å². The Kier molecular flexibility index (Phi) is 4.52. The monoisotopic (exact) mass is 351 g/mol. The van der Waals surface area contributed by atoms with Gasteiger partial charge in [-0.1, -0.05) is 19.3 Å². The Hall–Kier alpha value is 0.0900. The van der Waals surface area contributed by atoms with Gasteiger partial charge < -0.3 is 0 Å². The maximum atomic E-state index is 12.5. The average Bonchev–Trinajstić information content (AvgIpc) is 2.70. The summed E-state index contributed by atoms with van der Waals surface area (Å²) in [6.45, 7) is 1.92. The summed E-state index contributed by atoms with van der Waals surface area (Å²) in [4.78, 5) is 0. The molecule has 2 rings (SSSR count). The summed E-state index contributed by atoms with van der Waals surface area (Å²) >= 11 is 4.69. The van der Waals surface area contributed by atoms with E-state index < -0.39 is 10.0 Å². The van der Waals surface area contributed by atoms with Gasteiger partial charge in [-0.05, 0) is 47.3 Å². The lowest BCUT2D eigenvalue weighted by atomic mass is 9.96. The second-order valence-corrected chi connectivity index (χ2v) is 9.43. The van der Waals surface area contributed by atoms with Crippen LogP contribution in [0.5, 0.6) is 0 Å². The molecule has 0 N–H and O–H groups in total. The van der Waals surface area contributed by atoms with Crippen LogP contribution in [0, 0.1) is 6.92 Å². The number of rotatable bonds is 3. The lowest BCUT2D eigenvalue weighted by Gasteiger charge is -2.29. The first-order valence-corrected chi connectivity index (χ1v) is 9.22. The Labute approximate surface area is 121 Å². The molecule has 0 spiro atoms. The fourth-order valence-corrected chi connectivity index (χ4v) is 6.17. The highest BCUT2D eigenvalue weighted by molar-refractivity contribution is 9.11. The molecule has 0 saturated heterocycles. The zero-order chi connectivity index (χ0) is 13.3. The molecule has 1 heterocycles. The van der Waals surface area contributed by atoms with Crippen molar-refractivity contribution in [1.82, 2.24) is 4.31 Å². The molecule has 0 bridgehead atoms. The maximum Gasteiger partial charge on any atom is 0.252 e. The van der Waals surface area contributed by atoms with Crippen molar-refractivity contribution in [2.75, 3.05) is 7.05 Å². The van der Waals surface area contributed by atoms with E-state index in [1.807, 2.05) is 6.92 Å². The van der Waals surface area contributed by atoms with E-state index in [1.165, 1.54) is 17.8 Å². The van der Waals surface area contributed by atoms with E-state index in [2.05, 4.69) is 15.9 Å². The fourth-order valence-electron chi connectivity index (χ4n) is 2.34. The van der Waals surface area contributed by atoms with Gasteiger partial charge >= 0.3 is 0 Å². The summed E-state index contributed by atoms with van der Waals surface area (Å²) in [5.41, 5.74) is 0.982. The SMILES string of the molecule is Cc1cc(S(=O)(=O)N(C)C2CCCCC2)sc1Br. The zero-order valence-electron chi connectivity index (χ0n) is 10.6. The highest BCUT2D eigenvalue weighted by atomic mass is 79.9. The van der Waals surface area contributed by atoms with Gasteiger partial charge in [0.1, 0.15) is 4.21 Å². The quantitative estimate of drug-likeness (QED) is 0.830. The van der Waals surface area contributed by atoms with Crippen LogP contribution in [-0.2, 0) is 10.0 Å². The third-order valence-electron chi connectivity index (χ3n) is 3.56. The molecule has 1 aromatic rings. The first-order valence-electron chi connectivity index (χ1n) is 6.17. The first-order chi connectivity index (χ1) is 8.43. The predicted molar refractivity (Wildman–Crippen MR) is 78.6 cm³/mol. The van der Waals surface area contributed by atoms with E-state index in [-0.39, 0.29) is 6.04 Å². The Morgan fingerprint density at radius 1 is 1.33 bits per heavy atom. The first kappa shape index (κ1) is 14.5. The van der Waals surface area contributed by atoms with Crippen molar-refractivity contribution in [2.45, 2.75) is 49.3 Å². The Morgan fingerprint density at radius 3 is 2.44 bits per heavy atom. The summed E-state index contributed by atoms with van der Waals surface area (Å²) in [5, 5.41) is 0. The number of sulfonamides is 1. The number of hydrogen-bond donors (Lipinski definition) is 0. The van der Waals surface area contributed by atoms with Crippen molar-refractivity contribution in [1.29, 1.82) is 0 Å². The molecule has 1 aliphatic rings. The van der Waals surface area contributed by atoms with Crippen molar-refractivity contribution in [3.05, 3.63) is 15.4 Å². The molecule has 0 unspecified atom stereocenters. The molecule has 3 nitrogen and oxygen atoms in total. The van der Waals surface area contributed by atoms with Crippen molar-refractivity contribution in [3.8, 4) is 0 Å². The second kappa shape index (κ2) is 5.61. The Balaban J connectivity index is 2.24. The Morgan fingerprint density at radius 2 is 1.94 bits per heavy atom. The van der Waals surface area contributed by atoms with Crippen LogP contribution in [-0.4, -0.2) is 25.8 Å². The summed E-state index contributed by atoms with van der Waals surface area (Å²) in [5.74, 6) is 0. The van der Waals surface area contributed by atoms with Crippen molar-refractivity contribution >= 4 is 37.3 Å². The molecule has 1 saturated carbocycles. The van der Waals surface area contributed by atoms with Crippen LogP contribution in [0.2, 0.25) is 0 Å². The highest BCUT2D eigenvalue weighted by Crippen LogP contribution is 2.34. The van der Waals surface area contributed by atoms with Crippen LogP contribution in [0.1, 0.15) is 37.7 Å². The van der Waals surface area contributed by atoms with Crippen LogP contribution >= 0.6 is 27.3 Å². The van der Waals surface area contributed by atoms with Gasteiger partial charge in [0.25, 0.3) is 10.0 Å². The molecule has 0 amide bonds. The highest BCUT2D eigenvalue weighted by Gasteiger charge is 2.30. The van der Waals surface area contributed by atoms with Crippen molar-refractivity contribution < 1.29 is 8.42 Å². The maximum absolute atomic E-state index is 12.5. The molecule has 1 aliphatic carbocycles. The Bertz CT molecular complexity index is 499. The molecular formula is C12H18BrNO2S2. The van der Waals surface area contributed by atoms with Gasteiger partial charge in [0.15, 0.2) is 0 Å². The zero-order valence-corrected chi connectivity index (χ0v) is 13.9. The van der Waals surface area contributed by atoms with Gasteiger partial charge in [-0.15, -0.1) is 11.3 Å². The van der Waals surface area contributed by atoms with E-state index in [9.17, 15) is 8.42 Å². The summed E-state index contributed by atoms with van der Waals surface area (Å²) < 4.78 is 27.9. The van der Waals surface area contributed by atoms with Crippen molar-refractivity contribution in [3.63, 3.8) is 0 Å². The predicted octanol–water partition coefficient (Wildman–Crippen LogP) is 3.77. The summed E-state index contributed by atoms with van der Waals surface area (Å²) in [6.07, 6.45) is 5.48. The van der Waals surface area contributed by atoms with Gasteiger partial charge in [-0.25, -0.2) is 8.42 Å². The van der Waals surface area contributed by atoms with E-state index in [4.69, 9.17) is 0 Å². The van der Waals surface area contributed by atoms with Crippen LogP contribution in [0.15, 0.2) is 14.1 Å². The van der Waals surface area contributed by atoms with Crippen LogP contribution < -0.4 is 0 Å². The third-order valence-corrected chi connectivity index (χ3v) is 8.05. The van der Waals surface area contributed by atoms with Crippen LogP contribution in [0.4, 0.5) is 0 Å². The number of hydrogen-bond acceptors (Lipinski definition) is 3. The van der Waals surface area contributed by atoms with E-state index in [0.29, 0.717) is 4.21 Å². The average molecular weight is 352 g/mol. The number of halogens is 1. The lowest BCUT2D eigenvalue weighted by molar-refractivity contribution is 0.286. The van der Waals surface area contributed by atoms with E-state index >= 15 is 0 Å². The van der Waals surface area contributed by atoms with Gasteiger partial charge in [0.05, 0.1) is 3.79 Å². The normalized spacial score (nSPS) is 18.4.